The number of nitrogens with zero attached hydrogens (tertiary/aromatic N) is 2. The van der Waals surface area contributed by atoms with Crippen molar-refractivity contribution in [1.82, 2.24) is 15.2 Å². The van der Waals surface area contributed by atoms with Gasteiger partial charge in [-0.25, -0.2) is 5.10 Å². The highest BCUT2D eigenvalue weighted by molar-refractivity contribution is 6.28. The van der Waals surface area contributed by atoms with E-state index in [1.807, 2.05) is 0 Å². The predicted octanol–water partition coefficient (Wildman–Crippen LogP) is 0.462. The molecule has 3 N–H and O–H groups in total. The van der Waals surface area contributed by atoms with Crippen LogP contribution in [-0.4, -0.2) is 15.2 Å². The molecule has 0 saturated heterocycles. The molecule has 0 amide bonds. The van der Waals surface area contributed by atoms with Crippen LogP contribution >= 0.6 is 24.0 Å². The summed E-state index contributed by atoms with van der Waals surface area (Å²) in [7, 11) is 0. The van der Waals surface area contributed by atoms with E-state index in [9.17, 15) is 0 Å². The average Bonchev–Trinajstić information content (AvgIpc) is 1.87. The second-order valence-corrected chi connectivity index (χ2v) is 1.34. The smallest absolute Gasteiger partial charge is 0.240 e. The third kappa shape index (κ3) is 1.55. The Morgan fingerprint density at radius 2 is 2.25 bits per heavy atom. The van der Waals surface area contributed by atoms with Crippen molar-refractivity contribution >= 4 is 30.0 Å². The molecule has 6 heteroatoms. The number of aromatic nitrogens is 3. The lowest BCUT2D eigenvalue weighted by molar-refractivity contribution is 1.10. The molecule has 0 bridgehead atoms. The molecule has 1 rings (SSSR count). The summed E-state index contributed by atoms with van der Waals surface area (Å²) in [5, 5.41) is 5.99. The minimum absolute atomic E-state index is 0. The van der Waals surface area contributed by atoms with Crippen molar-refractivity contribution in [1.29, 1.82) is 0 Å². The Kier molecular flexibility index (Phi) is 2.57. The highest BCUT2D eigenvalue weighted by Gasteiger charge is 1.89. The molecule has 4 nitrogen and oxygen atoms in total. The van der Waals surface area contributed by atoms with Crippen molar-refractivity contribution < 1.29 is 0 Å². The van der Waals surface area contributed by atoms with Gasteiger partial charge < -0.3 is 5.73 Å². The van der Waals surface area contributed by atoms with E-state index in [0.29, 0.717) is 0 Å². The number of nitrogens with two attached hydrogens (primary N) is 1. The fourth-order valence-electron chi connectivity index (χ4n) is 0.254. The number of H-pyrrole nitrogens is 1. The predicted molar refractivity (Wildman–Crippen MR) is 33.1 cm³/mol. The third-order valence-electron chi connectivity index (χ3n) is 0.475. The van der Waals surface area contributed by atoms with Gasteiger partial charge in [0.2, 0.25) is 11.2 Å². The topological polar surface area (TPSA) is 67.6 Å². The fraction of sp³-hybridized carbons (Fsp3) is 0. The van der Waals surface area contributed by atoms with Crippen LogP contribution < -0.4 is 5.73 Å². The molecule has 0 radical (unpaired) electrons. The quantitative estimate of drug-likeness (QED) is 0.571. The number of nitrogen functional groups attached to an aromatic ring is 1. The molecule has 8 heavy (non-hydrogen) atoms. The molecule has 0 aliphatic rings. The lowest BCUT2D eigenvalue weighted by Crippen LogP contribution is -1.84. The zero-order chi connectivity index (χ0) is 5.28. The SMILES string of the molecule is Cl.Nc1n[nH]c(Cl)n1. The summed E-state index contributed by atoms with van der Waals surface area (Å²) in [5.41, 5.74) is 5.04. The monoisotopic (exact) mass is 154 g/mol. The summed E-state index contributed by atoms with van der Waals surface area (Å²) in [4.78, 5) is 3.49. The summed E-state index contributed by atoms with van der Waals surface area (Å²) >= 11 is 5.25. The van der Waals surface area contributed by atoms with Crippen molar-refractivity contribution in [2.24, 2.45) is 0 Å². The number of halogens is 2. The van der Waals surface area contributed by atoms with Crippen LogP contribution in [0, 0.1) is 0 Å². The largest absolute Gasteiger partial charge is 0.366 e. The summed E-state index contributed by atoms with van der Waals surface area (Å²) in [5.74, 6) is 0.171. The molecule has 0 atom stereocenters. The molecular weight excluding hydrogens is 151 g/mol. The third-order valence-corrected chi connectivity index (χ3v) is 0.644. The number of nitrogens with one attached hydrogen (secondary N) is 1. The standard InChI is InChI=1S/C2H3ClN4.ClH/c3-1-5-2(4)7-6-1;/h(H3,4,5,6,7);1H. The normalized spacial score (nSPS) is 8.12. The van der Waals surface area contributed by atoms with Crippen molar-refractivity contribution in [3.63, 3.8) is 0 Å². The maximum atomic E-state index is 5.25. The zero-order valence-corrected chi connectivity index (χ0v) is 5.33. The first kappa shape index (κ1) is 7.52. The van der Waals surface area contributed by atoms with Gasteiger partial charge in [-0.05, 0) is 11.6 Å². The summed E-state index contributed by atoms with van der Waals surface area (Å²) in [6.07, 6.45) is 0. The molecule has 0 saturated carbocycles. The summed E-state index contributed by atoms with van der Waals surface area (Å²) < 4.78 is 0. The van der Waals surface area contributed by atoms with Crippen LogP contribution in [-0.2, 0) is 0 Å². The maximum Gasteiger partial charge on any atom is 0.240 e. The van der Waals surface area contributed by atoms with Crippen LogP contribution in [0.4, 0.5) is 5.95 Å². The van der Waals surface area contributed by atoms with Crippen molar-refractivity contribution in [2.75, 3.05) is 5.73 Å². The van der Waals surface area contributed by atoms with Gasteiger partial charge in [0.1, 0.15) is 0 Å². The minimum atomic E-state index is 0. The van der Waals surface area contributed by atoms with Crippen LogP contribution in [0.3, 0.4) is 0 Å². The molecule has 1 aromatic rings. The molecule has 46 valence electrons. The highest BCUT2D eigenvalue weighted by atomic mass is 35.5. The van der Waals surface area contributed by atoms with Gasteiger partial charge in [-0.15, -0.1) is 17.5 Å². The lowest BCUT2D eigenvalue weighted by Gasteiger charge is -1.66. The van der Waals surface area contributed by atoms with E-state index in [0.717, 1.165) is 0 Å². The van der Waals surface area contributed by atoms with Gasteiger partial charge >= 0.3 is 0 Å². The molecule has 0 aliphatic carbocycles. The van der Waals surface area contributed by atoms with E-state index in [2.05, 4.69) is 15.2 Å². The van der Waals surface area contributed by atoms with Crippen molar-refractivity contribution in [3.05, 3.63) is 5.28 Å². The first-order chi connectivity index (χ1) is 3.29. The number of hydrogen-bond donors (Lipinski definition) is 2. The lowest BCUT2D eigenvalue weighted by atomic mass is 11.1. The number of anilines is 1. The Bertz CT molecular complexity index is 144. The Morgan fingerprint density at radius 1 is 1.62 bits per heavy atom. The maximum absolute atomic E-state index is 5.25. The molecule has 0 aromatic carbocycles. The summed E-state index contributed by atoms with van der Waals surface area (Å²) in [6, 6.07) is 0. The highest BCUT2D eigenvalue weighted by Crippen LogP contribution is 1.97. The Labute approximate surface area is 56.8 Å². The first-order valence-electron chi connectivity index (χ1n) is 1.62. The number of hydrogen-bond acceptors (Lipinski definition) is 3. The average molecular weight is 155 g/mol. The van der Waals surface area contributed by atoms with Crippen LogP contribution in [0.25, 0.3) is 0 Å². The fourth-order valence-corrected chi connectivity index (χ4v) is 0.383. The van der Waals surface area contributed by atoms with E-state index in [1.54, 1.807) is 0 Å². The Morgan fingerprint density at radius 3 is 2.38 bits per heavy atom. The van der Waals surface area contributed by atoms with Gasteiger partial charge in [0.05, 0.1) is 0 Å². The second-order valence-electron chi connectivity index (χ2n) is 0.984. The van der Waals surface area contributed by atoms with Gasteiger partial charge in [-0.1, -0.05) is 0 Å². The molecule has 0 unspecified atom stereocenters. The molecule has 1 aromatic heterocycles. The van der Waals surface area contributed by atoms with Gasteiger partial charge in [-0.2, -0.15) is 4.98 Å². The van der Waals surface area contributed by atoms with Crippen LogP contribution in [0.15, 0.2) is 0 Å². The van der Waals surface area contributed by atoms with Crippen LogP contribution in [0.1, 0.15) is 0 Å². The first-order valence-corrected chi connectivity index (χ1v) is 2.00. The molecule has 0 aliphatic heterocycles. The van der Waals surface area contributed by atoms with Crippen molar-refractivity contribution in [2.45, 2.75) is 0 Å². The van der Waals surface area contributed by atoms with E-state index in [4.69, 9.17) is 17.3 Å². The van der Waals surface area contributed by atoms with E-state index in [-0.39, 0.29) is 23.6 Å². The van der Waals surface area contributed by atoms with Gasteiger partial charge in [-0.3, -0.25) is 0 Å². The molecular formula is C2H4Cl2N4. The van der Waals surface area contributed by atoms with Gasteiger partial charge in [0.15, 0.2) is 0 Å². The molecule has 0 fully saturated rings. The van der Waals surface area contributed by atoms with Gasteiger partial charge in [0, 0.05) is 0 Å². The number of aromatic amines is 1. The van der Waals surface area contributed by atoms with Gasteiger partial charge in [0.25, 0.3) is 0 Å². The van der Waals surface area contributed by atoms with E-state index in [1.165, 1.54) is 0 Å². The zero-order valence-electron chi connectivity index (χ0n) is 3.76. The van der Waals surface area contributed by atoms with Crippen LogP contribution in [0.2, 0.25) is 5.28 Å². The van der Waals surface area contributed by atoms with Crippen LogP contribution in [0.5, 0.6) is 0 Å². The molecule has 0 spiro atoms. The molecule has 1 heterocycles. The minimum Gasteiger partial charge on any atom is -0.366 e. The Balaban J connectivity index is 0.000000490. The number of rotatable bonds is 0. The second kappa shape index (κ2) is 2.74. The van der Waals surface area contributed by atoms with Crippen molar-refractivity contribution in [3.8, 4) is 0 Å². The van der Waals surface area contributed by atoms with E-state index < -0.39 is 0 Å². The summed E-state index contributed by atoms with van der Waals surface area (Å²) in [6.45, 7) is 0. The van der Waals surface area contributed by atoms with E-state index >= 15 is 0 Å². The Hall–Kier alpha value is -0.480.